The van der Waals surface area contributed by atoms with Crippen LogP contribution in [0.2, 0.25) is 0 Å². The Hall–Kier alpha value is -2.01. The van der Waals surface area contributed by atoms with Crippen LogP contribution in [0.25, 0.3) is 0 Å². The van der Waals surface area contributed by atoms with E-state index in [1.165, 1.54) is 0 Å². The summed E-state index contributed by atoms with van der Waals surface area (Å²) in [4.78, 5) is 12.4. The van der Waals surface area contributed by atoms with Gasteiger partial charge in [0.05, 0.1) is 20.3 Å². The van der Waals surface area contributed by atoms with Gasteiger partial charge in [-0.25, -0.2) is 0 Å². The average molecular weight is 364 g/mol. The summed E-state index contributed by atoms with van der Waals surface area (Å²) in [5, 5.41) is 2.97. The maximum Gasteiger partial charge on any atom is 0.252 e. The Kier molecular flexibility index (Phi) is 5.44. The Morgan fingerprint density at radius 1 is 1.05 bits per heavy atom. The lowest BCUT2D eigenvalue weighted by molar-refractivity contribution is 0.0939. The van der Waals surface area contributed by atoms with Gasteiger partial charge in [0.2, 0.25) is 0 Å². The highest BCUT2D eigenvalue weighted by Gasteiger charge is 2.13. The molecule has 0 aliphatic carbocycles. The summed E-state index contributed by atoms with van der Waals surface area (Å²) in [5.74, 6) is 0.995. The normalized spacial score (nSPS) is 11.6. The Morgan fingerprint density at radius 3 is 2.09 bits per heavy atom. The molecule has 1 amide bonds. The Bertz CT molecular complexity index is 633. The van der Waals surface area contributed by atoms with Crippen LogP contribution >= 0.6 is 15.9 Å². The molecular formula is C17H18BrNO3. The van der Waals surface area contributed by atoms with Crippen molar-refractivity contribution in [2.24, 2.45) is 0 Å². The van der Waals surface area contributed by atoms with Crippen LogP contribution in [-0.4, -0.2) is 20.1 Å². The van der Waals surface area contributed by atoms with E-state index in [1.807, 2.05) is 31.2 Å². The summed E-state index contributed by atoms with van der Waals surface area (Å²) in [5.41, 5.74) is 1.53. The minimum atomic E-state index is -0.174. The first-order chi connectivity index (χ1) is 10.5. The van der Waals surface area contributed by atoms with Gasteiger partial charge in [-0.3, -0.25) is 4.79 Å². The highest BCUT2D eigenvalue weighted by molar-refractivity contribution is 9.10. The lowest BCUT2D eigenvalue weighted by Gasteiger charge is -2.15. The number of ether oxygens (including phenoxy) is 2. The topological polar surface area (TPSA) is 47.6 Å². The monoisotopic (exact) mass is 363 g/mol. The van der Waals surface area contributed by atoms with Crippen molar-refractivity contribution in [2.75, 3.05) is 14.2 Å². The molecule has 1 atom stereocenters. The van der Waals surface area contributed by atoms with Crippen LogP contribution in [0.15, 0.2) is 46.9 Å². The Labute approximate surface area is 138 Å². The molecule has 0 fully saturated rings. The third kappa shape index (κ3) is 4.01. The SMILES string of the molecule is COc1cc(OC)cc(C(=O)N[C@H](C)c2ccc(Br)cc2)c1. The van der Waals surface area contributed by atoms with Gasteiger partial charge in [0.1, 0.15) is 11.5 Å². The molecule has 5 heteroatoms. The lowest BCUT2D eigenvalue weighted by atomic mass is 10.1. The predicted molar refractivity (Wildman–Crippen MR) is 89.6 cm³/mol. The largest absolute Gasteiger partial charge is 0.497 e. The first-order valence-electron chi connectivity index (χ1n) is 6.83. The van der Waals surface area contributed by atoms with Crippen molar-refractivity contribution in [3.63, 3.8) is 0 Å². The van der Waals surface area contributed by atoms with Crippen molar-refractivity contribution in [3.05, 3.63) is 58.1 Å². The van der Waals surface area contributed by atoms with Crippen LogP contribution in [-0.2, 0) is 0 Å². The van der Waals surface area contributed by atoms with Gasteiger partial charge in [-0.1, -0.05) is 28.1 Å². The van der Waals surface area contributed by atoms with E-state index < -0.39 is 0 Å². The van der Waals surface area contributed by atoms with Gasteiger partial charge >= 0.3 is 0 Å². The number of hydrogen-bond acceptors (Lipinski definition) is 3. The zero-order valence-electron chi connectivity index (χ0n) is 12.7. The molecule has 0 unspecified atom stereocenters. The van der Waals surface area contributed by atoms with E-state index in [1.54, 1.807) is 32.4 Å². The standard InChI is InChI=1S/C17H18BrNO3/c1-11(12-4-6-14(18)7-5-12)19-17(20)13-8-15(21-2)10-16(9-13)22-3/h4-11H,1-3H3,(H,19,20)/t11-/m1/s1. The number of halogens is 1. The van der Waals surface area contributed by atoms with E-state index >= 15 is 0 Å². The molecule has 2 rings (SSSR count). The number of rotatable bonds is 5. The number of methoxy groups -OCH3 is 2. The summed E-state index contributed by atoms with van der Waals surface area (Å²) >= 11 is 3.40. The van der Waals surface area contributed by atoms with Crippen LogP contribution in [0.5, 0.6) is 11.5 Å². The van der Waals surface area contributed by atoms with Gasteiger partial charge in [0.25, 0.3) is 5.91 Å². The van der Waals surface area contributed by atoms with Gasteiger partial charge in [-0.15, -0.1) is 0 Å². The minimum Gasteiger partial charge on any atom is -0.497 e. The summed E-state index contributed by atoms with van der Waals surface area (Å²) in [7, 11) is 3.11. The molecule has 4 nitrogen and oxygen atoms in total. The van der Waals surface area contributed by atoms with Gasteiger partial charge in [-0.05, 0) is 36.8 Å². The molecular weight excluding hydrogens is 346 g/mol. The third-order valence-corrected chi connectivity index (χ3v) is 3.86. The molecule has 0 spiro atoms. The lowest BCUT2D eigenvalue weighted by Crippen LogP contribution is -2.26. The third-order valence-electron chi connectivity index (χ3n) is 3.33. The summed E-state index contributed by atoms with van der Waals surface area (Å²) in [6.07, 6.45) is 0. The highest BCUT2D eigenvalue weighted by atomic mass is 79.9. The molecule has 0 aromatic heterocycles. The van der Waals surface area contributed by atoms with Gasteiger partial charge in [0, 0.05) is 16.1 Å². The fourth-order valence-corrected chi connectivity index (χ4v) is 2.32. The Balaban J connectivity index is 2.16. The minimum absolute atomic E-state index is 0.0993. The van der Waals surface area contributed by atoms with Crippen molar-refractivity contribution in [3.8, 4) is 11.5 Å². The van der Waals surface area contributed by atoms with Crippen molar-refractivity contribution < 1.29 is 14.3 Å². The molecule has 0 radical (unpaired) electrons. The molecule has 0 heterocycles. The molecule has 2 aromatic carbocycles. The highest BCUT2D eigenvalue weighted by Crippen LogP contribution is 2.23. The zero-order valence-corrected chi connectivity index (χ0v) is 14.3. The Morgan fingerprint density at radius 2 is 1.59 bits per heavy atom. The van der Waals surface area contributed by atoms with E-state index in [-0.39, 0.29) is 11.9 Å². The smallest absolute Gasteiger partial charge is 0.252 e. The second-order valence-electron chi connectivity index (χ2n) is 4.85. The van der Waals surface area contributed by atoms with Crippen molar-refractivity contribution in [1.82, 2.24) is 5.32 Å². The number of hydrogen-bond donors (Lipinski definition) is 1. The van der Waals surface area contributed by atoms with Crippen LogP contribution < -0.4 is 14.8 Å². The van der Waals surface area contributed by atoms with E-state index in [0.29, 0.717) is 17.1 Å². The first-order valence-corrected chi connectivity index (χ1v) is 7.62. The molecule has 0 aliphatic heterocycles. The molecule has 0 saturated carbocycles. The van der Waals surface area contributed by atoms with Gasteiger partial charge < -0.3 is 14.8 Å². The molecule has 22 heavy (non-hydrogen) atoms. The number of benzene rings is 2. The second-order valence-corrected chi connectivity index (χ2v) is 5.76. The van der Waals surface area contributed by atoms with E-state index in [9.17, 15) is 4.79 Å². The maximum absolute atomic E-state index is 12.4. The average Bonchev–Trinajstić information content (AvgIpc) is 2.54. The van der Waals surface area contributed by atoms with Crippen LogP contribution in [0.1, 0.15) is 28.9 Å². The summed E-state index contributed by atoms with van der Waals surface area (Å²) in [6.45, 7) is 1.94. The van der Waals surface area contributed by atoms with Crippen LogP contribution in [0.4, 0.5) is 0 Å². The summed E-state index contributed by atoms with van der Waals surface area (Å²) in [6, 6.07) is 12.9. The molecule has 0 saturated heterocycles. The first kappa shape index (κ1) is 16.4. The van der Waals surface area contributed by atoms with E-state index in [2.05, 4.69) is 21.2 Å². The van der Waals surface area contributed by atoms with E-state index in [4.69, 9.17) is 9.47 Å². The van der Waals surface area contributed by atoms with Crippen LogP contribution in [0.3, 0.4) is 0 Å². The quantitative estimate of drug-likeness (QED) is 0.874. The van der Waals surface area contributed by atoms with E-state index in [0.717, 1.165) is 10.0 Å². The second kappa shape index (κ2) is 7.31. The molecule has 116 valence electrons. The number of carbonyl (C=O) groups is 1. The predicted octanol–water partition coefficient (Wildman–Crippen LogP) is 3.96. The zero-order chi connectivity index (χ0) is 16.1. The fraction of sp³-hybridized carbons (Fsp3) is 0.235. The van der Waals surface area contributed by atoms with Crippen molar-refractivity contribution >= 4 is 21.8 Å². The molecule has 2 aromatic rings. The maximum atomic E-state index is 12.4. The molecule has 0 aliphatic rings. The van der Waals surface area contributed by atoms with Crippen LogP contribution in [0, 0.1) is 0 Å². The van der Waals surface area contributed by atoms with Crippen molar-refractivity contribution in [2.45, 2.75) is 13.0 Å². The molecule has 1 N–H and O–H groups in total. The summed E-state index contributed by atoms with van der Waals surface area (Å²) < 4.78 is 11.4. The fourth-order valence-electron chi connectivity index (χ4n) is 2.05. The molecule has 0 bridgehead atoms. The number of nitrogens with one attached hydrogen (secondary N) is 1. The van der Waals surface area contributed by atoms with Crippen molar-refractivity contribution in [1.29, 1.82) is 0 Å². The number of carbonyl (C=O) groups excluding carboxylic acids is 1. The number of amides is 1. The van der Waals surface area contributed by atoms with Gasteiger partial charge in [-0.2, -0.15) is 0 Å². The van der Waals surface area contributed by atoms with Gasteiger partial charge in [0.15, 0.2) is 0 Å².